The fourth-order valence-electron chi connectivity index (χ4n) is 0. The molecule has 0 fully saturated rings. The third-order valence-electron chi connectivity index (χ3n) is 0.0241. The molecule has 0 rings (SSSR count). The second-order valence-corrected chi connectivity index (χ2v) is 19.2. The Morgan fingerprint density at radius 1 is 1.75 bits per heavy atom. The third-order valence-corrected chi connectivity index (χ3v) is 7.29. The van der Waals surface area contributed by atoms with Gasteiger partial charge in [0, 0.05) is 31.2 Å². The Bertz CT molecular complexity index is 18.5. The topological polar surface area (TPSA) is 20.2 Å². The van der Waals surface area contributed by atoms with E-state index in [9.17, 15) is 0 Å². The molecular weight excluding hydrogens is 397 g/mol. The van der Waals surface area contributed by atoms with E-state index in [1.54, 1.807) is 0 Å². The summed E-state index contributed by atoms with van der Waals surface area (Å²) in [6.07, 6.45) is 0. The van der Waals surface area contributed by atoms with Crippen LogP contribution in [0.15, 0.2) is 0 Å². The summed E-state index contributed by atoms with van der Waals surface area (Å²) >= 11 is 2.21. The van der Waals surface area contributed by atoms with E-state index in [0.717, 1.165) is 0 Å². The summed E-state index contributed by atoms with van der Waals surface area (Å²) in [7, 11) is 0. The summed E-state index contributed by atoms with van der Waals surface area (Å²) in [6, 6.07) is 0. The molecule has 1 N–H and O–H groups in total. The Morgan fingerprint density at radius 2 is 2.00 bits per heavy atom. The highest BCUT2D eigenvalue weighted by molar-refractivity contribution is 15.3. The number of hydrogen-bond donors (Lipinski definition) is 1. The normalized spacial score (nSPS) is 13.5. The highest BCUT2D eigenvalue weighted by Crippen LogP contribution is 2.20. The maximum Gasteiger partial charge on any atom is 0.0864 e. The van der Waals surface area contributed by atoms with Gasteiger partial charge in [-0.3, -0.25) is 0 Å². The molecule has 0 heterocycles. The van der Waals surface area contributed by atoms with Crippen LogP contribution in [0.1, 0.15) is 0 Å². The quantitative estimate of drug-likeness (QED) is 0.621. The van der Waals surface area contributed by atoms with E-state index >= 15 is 0 Å². The minimum atomic E-state index is -0.293. The molecule has 0 radical (unpaired) electrons. The highest BCUT2D eigenvalue weighted by Gasteiger charge is 1.41. The van der Waals surface area contributed by atoms with Crippen molar-refractivity contribution in [3.8, 4) is 0 Å². The molecule has 0 unspecified atom stereocenters. The molecule has 0 atom stereocenters. The second-order valence-electron chi connectivity index (χ2n) is 0.118. The summed E-state index contributed by atoms with van der Waals surface area (Å²) in [6.45, 7) is 0. The zero-order valence-corrected chi connectivity index (χ0v) is 8.05. The first kappa shape index (κ1) is 6.15. The van der Waals surface area contributed by atoms with Crippen LogP contribution in [0, 0.1) is 0 Å². The molecule has 0 spiro atoms. The summed E-state index contributed by atoms with van der Waals surface area (Å²) in [5, 5.41) is 0. The van der Waals surface area contributed by atoms with E-state index in [-0.39, 0.29) is 29.6 Å². The van der Waals surface area contributed by atoms with Crippen molar-refractivity contribution >= 4 is 48.2 Å². The van der Waals surface area contributed by atoms with Crippen LogP contribution in [0.2, 0.25) is 0 Å². The van der Waals surface area contributed by atoms with E-state index in [1.807, 2.05) is 0 Å². The predicted molar refractivity (Wildman–Crippen MR) is 44.3 cm³/mol. The van der Waals surface area contributed by atoms with Crippen LogP contribution in [-0.4, -0.2) is 3.44 Å². The average molecular weight is 398 g/mol. The lowest BCUT2D eigenvalue weighted by atomic mass is 16.0. The molecule has 1 nitrogen and oxygen atoms in total. The largest absolute Gasteiger partial charge is 0.332 e. The molecule has 0 aliphatic carbocycles. The van der Waals surface area contributed by atoms with Crippen molar-refractivity contribution in [3.63, 3.8) is 0 Å². The van der Waals surface area contributed by atoms with Crippen molar-refractivity contribution in [2.24, 2.45) is 0 Å². The van der Waals surface area contributed by atoms with Crippen LogP contribution >= 0.6 is 48.2 Å². The molecule has 0 saturated carbocycles. The Kier molecular flexibility index (Phi) is 7.92. The molecular formula is HI3O. The van der Waals surface area contributed by atoms with Crippen LogP contribution in [0.3, 0.4) is 0 Å². The minimum Gasteiger partial charge on any atom is -0.332 e. The van der Waals surface area contributed by atoms with Crippen molar-refractivity contribution in [1.82, 2.24) is 0 Å². The van der Waals surface area contributed by atoms with Gasteiger partial charge in [0.25, 0.3) is 0 Å². The molecule has 4 heteroatoms. The predicted octanol–water partition coefficient (Wildman–Crippen LogP) is 2.10. The van der Waals surface area contributed by atoms with Crippen LogP contribution in [-0.2, 0) is 0 Å². The molecule has 4 heavy (non-hydrogen) atoms. The van der Waals surface area contributed by atoms with Gasteiger partial charge in [-0.25, -0.2) is 0 Å². The first-order chi connectivity index (χ1) is 1.91. The maximum absolute atomic E-state index is 8.03. The Hall–Kier alpha value is 2.15. The molecule has 0 saturated heterocycles. The van der Waals surface area contributed by atoms with E-state index in [2.05, 4.69) is 18.6 Å². The second kappa shape index (κ2) is 5.15. The average Bonchev–Trinajstić information content (AvgIpc) is 1.37. The SMILES string of the molecule is O/I=I/I. The van der Waals surface area contributed by atoms with E-state index in [1.165, 1.54) is 0 Å². The minimum absolute atomic E-state index is 0.246. The molecule has 0 bridgehead atoms. The summed E-state index contributed by atoms with van der Waals surface area (Å²) in [5.74, 6) is 0. The lowest BCUT2D eigenvalue weighted by Crippen LogP contribution is -0.968. The van der Waals surface area contributed by atoms with Gasteiger partial charge in [0.05, 0.1) is 17.0 Å². The molecule has 0 aliphatic rings. The summed E-state index contributed by atoms with van der Waals surface area (Å²) in [5.41, 5.74) is 0. The van der Waals surface area contributed by atoms with Gasteiger partial charge in [0.1, 0.15) is 0 Å². The Balaban J connectivity index is 2.55. The Morgan fingerprint density at radius 3 is 2.00 bits per heavy atom. The maximum atomic E-state index is 8.03. The molecule has 0 amide bonds. The van der Waals surface area contributed by atoms with Crippen LogP contribution < -0.4 is 0 Å². The van der Waals surface area contributed by atoms with Crippen molar-refractivity contribution < 1.29 is 3.44 Å². The van der Waals surface area contributed by atoms with E-state index in [0.29, 0.717) is 0 Å². The van der Waals surface area contributed by atoms with Gasteiger partial charge in [0.15, 0.2) is 0 Å². The van der Waals surface area contributed by atoms with Gasteiger partial charge >= 0.3 is 0 Å². The van der Waals surface area contributed by atoms with Crippen LogP contribution in [0.25, 0.3) is 0 Å². The molecule has 0 aromatic rings. The first-order valence-corrected chi connectivity index (χ1v) is 14.0. The lowest BCUT2D eigenvalue weighted by Gasteiger charge is -1.45. The fraction of sp³-hybridized carbons (Fsp3) is 0. The molecule has 0 aromatic carbocycles. The number of hydrogen-bond acceptors (Lipinski definition) is 1. The third kappa shape index (κ3) is 4.15. The summed E-state index contributed by atoms with van der Waals surface area (Å²) in [4.78, 5) is 0. The van der Waals surface area contributed by atoms with Crippen LogP contribution in [0.5, 0.6) is 0 Å². The van der Waals surface area contributed by atoms with E-state index in [4.69, 9.17) is 3.44 Å². The first-order valence-electron chi connectivity index (χ1n) is 0.455. The van der Waals surface area contributed by atoms with Gasteiger partial charge < -0.3 is 3.44 Å². The summed E-state index contributed by atoms with van der Waals surface area (Å²) < 4.78 is 8.03. The van der Waals surface area contributed by atoms with Crippen molar-refractivity contribution in [2.45, 2.75) is 0 Å². The number of halogens is 3. The zero-order valence-electron chi connectivity index (χ0n) is 1.58. The standard InChI is InChI=1S/HI3O/c1-2-3-4/h4H. The van der Waals surface area contributed by atoms with Gasteiger partial charge in [-0.15, -0.1) is 0 Å². The smallest absolute Gasteiger partial charge is 0.0864 e. The monoisotopic (exact) mass is 398 g/mol. The molecule has 0 aliphatic heterocycles. The van der Waals surface area contributed by atoms with Crippen LogP contribution in [0.4, 0.5) is 0 Å². The highest BCUT2D eigenvalue weighted by atomic mass is 128. The Labute approximate surface area is 50.6 Å². The molecule has 28 valence electrons. The van der Waals surface area contributed by atoms with Gasteiger partial charge in [0.2, 0.25) is 0 Å². The van der Waals surface area contributed by atoms with Crippen molar-refractivity contribution in [2.75, 3.05) is 0 Å². The van der Waals surface area contributed by atoms with Gasteiger partial charge in [-0.1, -0.05) is 0 Å². The van der Waals surface area contributed by atoms with Crippen molar-refractivity contribution in [3.05, 3.63) is 0 Å². The molecule has 0 aromatic heterocycles. The number of rotatable bonds is 0. The zero-order chi connectivity index (χ0) is 3.41. The van der Waals surface area contributed by atoms with Gasteiger partial charge in [-0.05, 0) is 0 Å². The lowest BCUT2D eigenvalue weighted by molar-refractivity contribution is 0.748. The van der Waals surface area contributed by atoms with Gasteiger partial charge in [-0.2, -0.15) is 0 Å². The van der Waals surface area contributed by atoms with E-state index < -0.39 is 0 Å². The van der Waals surface area contributed by atoms with Crippen molar-refractivity contribution in [1.29, 1.82) is 0 Å². The fourth-order valence-corrected chi connectivity index (χ4v) is 0.